The minimum Gasteiger partial charge on any atom is -0.493 e. The Hall–Kier alpha value is -3.72. The molecule has 1 amide bonds. The van der Waals surface area contributed by atoms with Crippen molar-refractivity contribution in [1.29, 1.82) is 0 Å². The minimum absolute atomic E-state index is 0.331. The van der Waals surface area contributed by atoms with Gasteiger partial charge in [-0.15, -0.1) is 11.3 Å². The largest absolute Gasteiger partial charge is 0.493 e. The van der Waals surface area contributed by atoms with Crippen molar-refractivity contribution in [3.8, 4) is 22.6 Å². The van der Waals surface area contributed by atoms with Crippen LogP contribution in [0, 0.1) is 5.82 Å². The van der Waals surface area contributed by atoms with Gasteiger partial charge in [-0.05, 0) is 48.9 Å². The van der Waals surface area contributed by atoms with Gasteiger partial charge in [-0.1, -0.05) is 6.07 Å². The quantitative estimate of drug-likeness (QED) is 0.465. The molecule has 1 atom stereocenters. The summed E-state index contributed by atoms with van der Waals surface area (Å²) in [6.45, 7) is 1.61. The molecular formula is C23H20FN3O4S. The van der Waals surface area contributed by atoms with E-state index in [9.17, 15) is 14.0 Å². The number of ether oxygens (including phenoxy) is 2. The molecule has 0 aliphatic heterocycles. The number of anilines is 1. The molecular weight excluding hydrogens is 433 g/mol. The zero-order valence-corrected chi connectivity index (χ0v) is 18.4. The molecule has 7 nitrogen and oxygen atoms in total. The van der Waals surface area contributed by atoms with E-state index in [1.165, 1.54) is 46.5 Å². The molecule has 4 aromatic rings. The molecule has 0 spiro atoms. The second-order valence-electron chi connectivity index (χ2n) is 7.03. The van der Waals surface area contributed by atoms with Gasteiger partial charge < -0.3 is 14.8 Å². The number of aromatic nitrogens is 2. The summed E-state index contributed by atoms with van der Waals surface area (Å²) < 4.78 is 25.1. The predicted molar refractivity (Wildman–Crippen MR) is 122 cm³/mol. The summed E-state index contributed by atoms with van der Waals surface area (Å²) in [6.07, 6.45) is 1.37. The highest BCUT2D eigenvalue weighted by atomic mass is 32.1. The maximum Gasteiger partial charge on any atom is 0.263 e. The second kappa shape index (κ2) is 8.80. The van der Waals surface area contributed by atoms with Crippen molar-refractivity contribution >= 4 is 33.1 Å². The van der Waals surface area contributed by atoms with Crippen molar-refractivity contribution < 1.29 is 18.7 Å². The molecule has 32 heavy (non-hydrogen) atoms. The van der Waals surface area contributed by atoms with Gasteiger partial charge in [-0.3, -0.25) is 14.2 Å². The van der Waals surface area contributed by atoms with Crippen LogP contribution in [0.15, 0.2) is 59.0 Å². The number of nitrogens with one attached hydrogen (secondary N) is 1. The van der Waals surface area contributed by atoms with Gasteiger partial charge in [-0.2, -0.15) is 0 Å². The number of benzene rings is 2. The van der Waals surface area contributed by atoms with Crippen LogP contribution < -0.4 is 20.3 Å². The molecule has 1 unspecified atom stereocenters. The fraction of sp³-hybridized carbons (Fsp3) is 0.174. The molecule has 9 heteroatoms. The van der Waals surface area contributed by atoms with Crippen molar-refractivity contribution in [2.24, 2.45) is 0 Å². The third-order valence-corrected chi connectivity index (χ3v) is 6.01. The molecule has 1 N–H and O–H groups in total. The van der Waals surface area contributed by atoms with Gasteiger partial charge >= 0.3 is 0 Å². The smallest absolute Gasteiger partial charge is 0.263 e. The first-order valence-electron chi connectivity index (χ1n) is 9.70. The highest BCUT2D eigenvalue weighted by molar-refractivity contribution is 7.17. The fourth-order valence-electron chi connectivity index (χ4n) is 3.34. The summed E-state index contributed by atoms with van der Waals surface area (Å²) in [5, 5.41) is 4.97. The number of hydrogen-bond acceptors (Lipinski definition) is 6. The SMILES string of the molecule is COc1ccc(-c2csc3ncn(C(C)C(=O)Nc4ccc(F)cc4)c(=O)c23)cc1OC. The van der Waals surface area contributed by atoms with Gasteiger partial charge in [-0.25, -0.2) is 9.37 Å². The number of thiophene rings is 1. The topological polar surface area (TPSA) is 82.5 Å². The van der Waals surface area contributed by atoms with E-state index < -0.39 is 17.8 Å². The molecule has 0 bridgehead atoms. The number of carbonyl (C=O) groups excluding carboxylic acids is 1. The Bertz CT molecular complexity index is 1350. The van der Waals surface area contributed by atoms with Gasteiger partial charge in [0.05, 0.1) is 25.9 Å². The number of carbonyl (C=O) groups is 1. The van der Waals surface area contributed by atoms with Crippen LogP contribution in [0.1, 0.15) is 13.0 Å². The van der Waals surface area contributed by atoms with E-state index in [1.54, 1.807) is 33.3 Å². The van der Waals surface area contributed by atoms with Crippen molar-refractivity contribution in [2.45, 2.75) is 13.0 Å². The summed E-state index contributed by atoms with van der Waals surface area (Å²) in [5.74, 6) is 0.308. The Morgan fingerprint density at radius 2 is 1.84 bits per heavy atom. The van der Waals surface area contributed by atoms with E-state index in [0.717, 1.165) is 5.56 Å². The van der Waals surface area contributed by atoms with Crippen LogP contribution in [0.2, 0.25) is 0 Å². The number of nitrogens with zero attached hydrogens (tertiary/aromatic N) is 2. The maximum absolute atomic E-state index is 13.3. The number of halogens is 1. The average Bonchev–Trinajstić information content (AvgIpc) is 3.25. The fourth-order valence-corrected chi connectivity index (χ4v) is 4.25. The average molecular weight is 453 g/mol. The third-order valence-electron chi connectivity index (χ3n) is 5.12. The first-order valence-corrected chi connectivity index (χ1v) is 10.6. The van der Waals surface area contributed by atoms with Gasteiger partial charge in [0.15, 0.2) is 11.5 Å². The van der Waals surface area contributed by atoms with Crippen LogP contribution in [0.5, 0.6) is 11.5 Å². The summed E-state index contributed by atoms with van der Waals surface area (Å²) in [7, 11) is 3.10. The van der Waals surface area contributed by atoms with E-state index in [1.807, 2.05) is 11.4 Å². The molecule has 0 aliphatic rings. The zero-order valence-electron chi connectivity index (χ0n) is 17.6. The number of fused-ring (bicyclic) bond motifs is 1. The van der Waals surface area contributed by atoms with Gasteiger partial charge in [0.1, 0.15) is 16.7 Å². The number of amides is 1. The molecule has 0 saturated heterocycles. The summed E-state index contributed by atoms with van der Waals surface area (Å²) >= 11 is 1.35. The third kappa shape index (κ3) is 3.94. The van der Waals surface area contributed by atoms with Crippen molar-refractivity contribution in [3.63, 3.8) is 0 Å². The molecule has 2 aromatic carbocycles. The normalized spacial score (nSPS) is 11.9. The Balaban J connectivity index is 1.72. The van der Waals surface area contributed by atoms with Crippen LogP contribution in [0.25, 0.3) is 21.3 Å². The summed E-state index contributed by atoms with van der Waals surface area (Å²) in [4.78, 5) is 31.0. The molecule has 0 radical (unpaired) electrons. The van der Waals surface area contributed by atoms with E-state index in [-0.39, 0.29) is 5.56 Å². The van der Waals surface area contributed by atoms with Crippen molar-refractivity contribution in [2.75, 3.05) is 19.5 Å². The Morgan fingerprint density at radius 3 is 2.53 bits per heavy atom. The van der Waals surface area contributed by atoms with E-state index in [0.29, 0.717) is 33.0 Å². The highest BCUT2D eigenvalue weighted by Gasteiger charge is 2.21. The van der Waals surface area contributed by atoms with E-state index in [2.05, 4.69) is 10.3 Å². The van der Waals surface area contributed by atoms with Crippen LogP contribution in [-0.2, 0) is 4.79 Å². The van der Waals surface area contributed by atoms with Crippen LogP contribution in [-0.4, -0.2) is 29.7 Å². The predicted octanol–water partition coefficient (Wildman–Crippen LogP) is 4.48. The number of methoxy groups -OCH3 is 2. The monoisotopic (exact) mass is 453 g/mol. The molecule has 0 fully saturated rings. The zero-order chi connectivity index (χ0) is 22.8. The molecule has 0 aliphatic carbocycles. The number of rotatable bonds is 6. The second-order valence-corrected chi connectivity index (χ2v) is 7.89. The maximum atomic E-state index is 13.3. The lowest BCUT2D eigenvalue weighted by atomic mass is 10.1. The highest BCUT2D eigenvalue weighted by Crippen LogP contribution is 2.36. The molecule has 0 saturated carbocycles. The molecule has 164 valence electrons. The molecule has 2 aromatic heterocycles. The van der Waals surface area contributed by atoms with Gasteiger partial charge in [0.25, 0.3) is 5.56 Å². The van der Waals surface area contributed by atoms with Crippen LogP contribution >= 0.6 is 11.3 Å². The standard InChI is InChI=1S/C23H20FN3O4S/c1-13(21(28)26-16-7-5-15(24)6-8-16)27-12-25-22-20(23(27)29)17(11-32-22)14-4-9-18(30-2)19(10-14)31-3/h4-13H,1-3H3,(H,26,28). The van der Waals surface area contributed by atoms with Crippen molar-refractivity contribution in [1.82, 2.24) is 9.55 Å². The van der Waals surface area contributed by atoms with E-state index in [4.69, 9.17) is 9.47 Å². The van der Waals surface area contributed by atoms with Gasteiger partial charge in [0, 0.05) is 16.6 Å². The summed E-state index contributed by atoms with van der Waals surface area (Å²) in [6, 6.07) is 9.98. The van der Waals surface area contributed by atoms with E-state index >= 15 is 0 Å². The van der Waals surface area contributed by atoms with Crippen molar-refractivity contribution in [3.05, 3.63) is 70.3 Å². The molecule has 4 rings (SSSR count). The van der Waals surface area contributed by atoms with Crippen LogP contribution in [0.4, 0.5) is 10.1 Å². The summed E-state index contributed by atoms with van der Waals surface area (Å²) in [5.41, 5.74) is 1.58. The number of hydrogen-bond donors (Lipinski definition) is 1. The van der Waals surface area contributed by atoms with Crippen LogP contribution in [0.3, 0.4) is 0 Å². The van der Waals surface area contributed by atoms with Gasteiger partial charge in [0.2, 0.25) is 5.91 Å². The first kappa shape index (κ1) is 21.5. The Labute approximate surface area is 187 Å². The Morgan fingerprint density at radius 1 is 1.12 bits per heavy atom. The Kier molecular flexibility index (Phi) is 5.91. The lowest BCUT2D eigenvalue weighted by Gasteiger charge is -2.15. The minimum atomic E-state index is -0.831. The molecule has 2 heterocycles. The first-order chi connectivity index (χ1) is 15.4. The lowest BCUT2D eigenvalue weighted by molar-refractivity contribution is -0.118. The lowest BCUT2D eigenvalue weighted by Crippen LogP contribution is -2.31.